The van der Waals surface area contributed by atoms with E-state index in [1.165, 1.54) is 11.3 Å². The molecule has 3 rings (SSSR count). The number of esters is 2. The van der Waals surface area contributed by atoms with Crippen molar-refractivity contribution in [2.75, 3.05) is 13.2 Å². The zero-order valence-corrected chi connectivity index (χ0v) is 17.7. The molecule has 29 heavy (non-hydrogen) atoms. The lowest BCUT2D eigenvalue weighted by Crippen LogP contribution is -2.47. The Morgan fingerprint density at radius 3 is 2.21 bits per heavy atom. The number of allylic oxidation sites excluding steroid dienone is 1. The number of halogens is 1. The van der Waals surface area contributed by atoms with Gasteiger partial charge in [0.2, 0.25) is 5.41 Å². The van der Waals surface area contributed by atoms with Gasteiger partial charge in [0.15, 0.2) is 5.78 Å². The number of rotatable bonds is 7. The van der Waals surface area contributed by atoms with E-state index in [0.717, 1.165) is 4.88 Å². The molecule has 1 aliphatic carbocycles. The van der Waals surface area contributed by atoms with Crippen LogP contribution in [0, 0.1) is 5.41 Å². The Morgan fingerprint density at radius 2 is 1.69 bits per heavy atom. The average molecular weight is 433 g/mol. The van der Waals surface area contributed by atoms with Crippen LogP contribution in [0.3, 0.4) is 0 Å². The third-order valence-corrected chi connectivity index (χ3v) is 6.18. The Morgan fingerprint density at radius 1 is 1.07 bits per heavy atom. The van der Waals surface area contributed by atoms with Crippen LogP contribution < -0.4 is 0 Å². The van der Waals surface area contributed by atoms with Crippen LogP contribution in [0.15, 0.2) is 53.4 Å². The molecule has 5 nitrogen and oxygen atoms in total. The predicted octanol–water partition coefficient (Wildman–Crippen LogP) is 4.81. The molecule has 152 valence electrons. The molecule has 1 atom stereocenters. The van der Waals surface area contributed by atoms with Gasteiger partial charge in [-0.25, -0.2) is 0 Å². The fourth-order valence-corrected chi connectivity index (χ4v) is 4.72. The topological polar surface area (TPSA) is 69.7 Å². The first kappa shape index (κ1) is 21.3. The maximum Gasteiger partial charge on any atom is 0.328 e. The number of carbonyl (C=O) groups excluding carboxylic acids is 3. The highest BCUT2D eigenvalue weighted by atomic mass is 35.5. The minimum atomic E-state index is -1.84. The Kier molecular flexibility index (Phi) is 6.55. The van der Waals surface area contributed by atoms with Crippen molar-refractivity contribution in [3.8, 4) is 0 Å². The normalized spacial score (nSPS) is 17.5. The van der Waals surface area contributed by atoms with Gasteiger partial charge in [-0.1, -0.05) is 23.7 Å². The summed E-state index contributed by atoms with van der Waals surface area (Å²) < 4.78 is 10.6. The standard InChI is InChI=1S/C22H21ClO5S/c1-3-27-20(25)22(21(26)28-4-2)16(18-6-5-13-29-18)11-12-17(22)19(24)14-7-9-15(23)10-8-14/h5-10,12-13,16H,3-4,11H2,1-2H3/t16-/m1/s1. The van der Waals surface area contributed by atoms with E-state index in [4.69, 9.17) is 21.1 Å². The van der Waals surface area contributed by atoms with Crippen molar-refractivity contribution >= 4 is 40.7 Å². The van der Waals surface area contributed by atoms with Gasteiger partial charge in [0.1, 0.15) is 0 Å². The largest absolute Gasteiger partial charge is 0.465 e. The van der Waals surface area contributed by atoms with Gasteiger partial charge in [0.25, 0.3) is 0 Å². The Hall–Kier alpha value is -2.44. The highest BCUT2D eigenvalue weighted by molar-refractivity contribution is 7.10. The van der Waals surface area contributed by atoms with Crippen molar-refractivity contribution < 1.29 is 23.9 Å². The van der Waals surface area contributed by atoms with Crippen molar-refractivity contribution in [3.05, 3.63) is 68.9 Å². The summed E-state index contributed by atoms with van der Waals surface area (Å²) in [5, 5.41) is 2.36. The Balaban J connectivity index is 2.16. The number of ether oxygens (including phenoxy) is 2. The maximum absolute atomic E-state index is 13.4. The summed E-state index contributed by atoms with van der Waals surface area (Å²) in [5.41, 5.74) is -1.41. The van der Waals surface area contributed by atoms with Crippen molar-refractivity contribution in [1.82, 2.24) is 0 Å². The molecular weight excluding hydrogens is 412 g/mol. The molecule has 0 radical (unpaired) electrons. The fraction of sp³-hybridized carbons (Fsp3) is 0.318. The van der Waals surface area contributed by atoms with Gasteiger partial charge >= 0.3 is 11.9 Å². The molecule has 0 fully saturated rings. The second-order valence-corrected chi connectivity index (χ2v) is 7.92. The molecule has 1 aromatic carbocycles. The summed E-state index contributed by atoms with van der Waals surface area (Å²) in [6, 6.07) is 10.0. The third kappa shape index (κ3) is 3.74. The maximum atomic E-state index is 13.4. The molecule has 7 heteroatoms. The predicted molar refractivity (Wildman–Crippen MR) is 111 cm³/mol. The summed E-state index contributed by atoms with van der Waals surface area (Å²) in [6.07, 6.45) is 2.02. The molecule has 1 aliphatic rings. The number of carbonyl (C=O) groups is 3. The van der Waals surface area contributed by atoms with Gasteiger partial charge in [-0.05, 0) is 56.0 Å². The molecule has 2 aromatic rings. The minimum Gasteiger partial charge on any atom is -0.465 e. The highest BCUT2D eigenvalue weighted by Gasteiger charge is 2.62. The highest BCUT2D eigenvalue weighted by Crippen LogP contribution is 2.53. The molecule has 0 bridgehead atoms. The minimum absolute atomic E-state index is 0.0829. The first-order valence-electron chi connectivity index (χ1n) is 9.35. The van der Waals surface area contributed by atoms with E-state index in [9.17, 15) is 14.4 Å². The SMILES string of the molecule is CCOC(=O)C1(C(=O)OCC)C(C(=O)c2ccc(Cl)cc2)=CC[C@@H]1c1cccs1. The molecule has 0 N–H and O–H groups in total. The third-order valence-electron chi connectivity index (χ3n) is 4.94. The van der Waals surface area contributed by atoms with Crippen LogP contribution in [0.1, 0.15) is 41.4 Å². The van der Waals surface area contributed by atoms with Crippen LogP contribution in [-0.4, -0.2) is 30.9 Å². The van der Waals surface area contributed by atoms with E-state index in [1.54, 1.807) is 44.2 Å². The number of ketones is 1. The molecule has 0 saturated heterocycles. The number of hydrogen-bond acceptors (Lipinski definition) is 6. The van der Waals surface area contributed by atoms with Gasteiger partial charge in [-0.3, -0.25) is 14.4 Å². The van der Waals surface area contributed by atoms with Gasteiger partial charge in [-0.2, -0.15) is 0 Å². The summed E-state index contributed by atoms with van der Waals surface area (Å²) in [5.74, 6) is -2.50. The lowest BCUT2D eigenvalue weighted by Gasteiger charge is -2.32. The Labute approximate surface area is 178 Å². The van der Waals surface area contributed by atoms with Crippen LogP contribution in [0.25, 0.3) is 0 Å². The first-order valence-corrected chi connectivity index (χ1v) is 10.6. The van der Waals surface area contributed by atoms with E-state index >= 15 is 0 Å². The van der Waals surface area contributed by atoms with Gasteiger partial charge < -0.3 is 9.47 Å². The molecule has 0 spiro atoms. The van der Waals surface area contributed by atoms with Crippen LogP contribution in [0.4, 0.5) is 0 Å². The molecule has 1 heterocycles. The number of Topliss-reactive ketones (excluding diaryl/α,β-unsaturated/α-hetero) is 1. The van der Waals surface area contributed by atoms with Crippen molar-refractivity contribution in [3.63, 3.8) is 0 Å². The van der Waals surface area contributed by atoms with Crippen molar-refractivity contribution in [2.45, 2.75) is 26.2 Å². The van der Waals surface area contributed by atoms with E-state index < -0.39 is 29.1 Å². The molecule has 0 aliphatic heterocycles. The number of benzene rings is 1. The number of hydrogen-bond donors (Lipinski definition) is 0. The quantitative estimate of drug-likeness (QED) is 0.356. The zero-order valence-electron chi connectivity index (χ0n) is 16.1. The Bertz CT molecular complexity index is 913. The smallest absolute Gasteiger partial charge is 0.328 e. The lowest BCUT2D eigenvalue weighted by atomic mass is 9.70. The monoisotopic (exact) mass is 432 g/mol. The molecule has 1 aromatic heterocycles. The second kappa shape index (κ2) is 8.93. The van der Waals surface area contributed by atoms with Crippen LogP contribution >= 0.6 is 22.9 Å². The average Bonchev–Trinajstić information content (AvgIpc) is 3.36. The van der Waals surface area contributed by atoms with E-state index in [2.05, 4.69) is 0 Å². The van der Waals surface area contributed by atoms with Gasteiger partial charge in [0.05, 0.1) is 13.2 Å². The van der Waals surface area contributed by atoms with Gasteiger partial charge in [0, 0.05) is 27.0 Å². The van der Waals surface area contributed by atoms with Crippen molar-refractivity contribution in [1.29, 1.82) is 0 Å². The first-order chi connectivity index (χ1) is 14.0. The summed E-state index contributed by atoms with van der Waals surface area (Å²) >= 11 is 7.36. The van der Waals surface area contributed by atoms with Crippen LogP contribution in [0.2, 0.25) is 5.02 Å². The zero-order chi connectivity index (χ0) is 21.0. The lowest BCUT2D eigenvalue weighted by molar-refractivity contribution is -0.169. The van der Waals surface area contributed by atoms with Crippen LogP contribution in [0.5, 0.6) is 0 Å². The second-order valence-electron chi connectivity index (χ2n) is 6.51. The van der Waals surface area contributed by atoms with Crippen molar-refractivity contribution in [2.24, 2.45) is 5.41 Å². The van der Waals surface area contributed by atoms with Gasteiger partial charge in [-0.15, -0.1) is 11.3 Å². The summed E-state index contributed by atoms with van der Waals surface area (Å²) in [6.45, 7) is 3.49. The molecule has 0 saturated carbocycles. The number of thiophene rings is 1. The van der Waals surface area contributed by atoms with Crippen LogP contribution in [-0.2, 0) is 19.1 Å². The van der Waals surface area contributed by atoms with E-state index in [-0.39, 0.29) is 18.8 Å². The summed E-state index contributed by atoms with van der Waals surface area (Å²) in [7, 11) is 0. The summed E-state index contributed by atoms with van der Waals surface area (Å²) in [4.78, 5) is 40.7. The van der Waals surface area contributed by atoms with E-state index in [0.29, 0.717) is 17.0 Å². The van der Waals surface area contributed by atoms with E-state index in [1.807, 2.05) is 17.5 Å². The molecule has 0 unspecified atom stereocenters. The molecular formula is C22H21ClO5S. The molecule has 0 amide bonds. The fourth-order valence-electron chi connectivity index (χ4n) is 3.69.